The summed E-state index contributed by atoms with van der Waals surface area (Å²) in [5.41, 5.74) is 0. The van der Waals surface area contributed by atoms with Gasteiger partial charge in [-0.05, 0) is 32.1 Å². The Balaban J connectivity index is 1.95. The molecule has 0 radical (unpaired) electrons. The lowest BCUT2D eigenvalue weighted by atomic mass is 9.77. The Bertz CT molecular complexity index is 242. The third kappa shape index (κ3) is 2.51. The van der Waals surface area contributed by atoms with E-state index in [9.17, 15) is 4.79 Å². The van der Waals surface area contributed by atoms with Crippen LogP contribution in [0, 0.1) is 5.92 Å². The molecule has 4 atom stereocenters. The minimum absolute atomic E-state index is 0.0850. The van der Waals surface area contributed by atoms with Crippen LogP contribution in [0.15, 0.2) is 0 Å². The normalized spacial score (nSPS) is 40.7. The van der Waals surface area contributed by atoms with E-state index < -0.39 is 0 Å². The molecule has 0 aromatic carbocycles. The van der Waals surface area contributed by atoms with Crippen LogP contribution in [-0.2, 0) is 9.53 Å². The molecule has 0 bridgehead atoms. The van der Waals surface area contributed by atoms with E-state index in [4.69, 9.17) is 4.74 Å². The summed E-state index contributed by atoms with van der Waals surface area (Å²) in [5, 5.41) is 3.60. The van der Waals surface area contributed by atoms with Crippen LogP contribution in [0.2, 0.25) is 0 Å². The zero-order valence-electron chi connectivity index (χ0n) is 9.66. The molecule has 1 aliphatic carbocycles. The Hall–Kier alpha value is -0.570. The number of nitrogens with one attached hydrogen (secondary N) is 1. The van der Waals surface area contributed by atoms with Crippen LogP contribution in [0.25, 0.3) is 0 Å². The van der Waals surface area contributed by atoms with Crippen LogP contribution < -0.4 is 5.32 Å². The van der Waals surface area contributed by atoms with Crippen LogP contribution in [-0.4, -0.2) is 24.2 Å². The van der Waals surface area contributed by atoms with Gasteiger partial charge in [0.25, 0.3) is 0 Å². The van der Waals surface area contributed by atoms with Crippen molar-refractivity contribution < 1.29 is 9.53 Å². The van der Waals surface area contributed by atoms with Crippen molar-refractivity contribution in [2.24, 2.45) is 5.92 Å². The van der Waals surface area contributed by atoms with Gasteiger partial charge in [-0.25, -0.2) is 0 Å². The summed E-state index contributed by atoms with van der Waals surface area (Å²) in [7, 11) is 0. The second kappa shape index (κ2) is 4.52. The smallest absolute Gasteiger partial charge is 0.302 e. The van der Waals surface area contributed by atoms with E-state index in [1.807, 2.05) is 0 Å². The lowest BCUT2D eigenvalue weighted by Gasteiger charge is -2.43. The van der Waals surface area contributed by atoms with Crippen LogP contribution in [0.1, 0.15) is 46.0 Å². The first kappa shape index (κ1) is 10.9. The fourth-order valence-corrected chi connectivity index (χ4v) is 3.02. The second-order valence-electron chi connectivity index (χ2n) is 4.99. The summed E-state index contributed by atoms with van der Waals surface area (Å²) in [5.74, 6) is 0.571. The number of carbonyl (C=O) groups is 1. The Morgan fingerprint density at radius 2 is 2.07 bits per heavy atom. The van der Waals surface area contributed by atoms with Gasteiger partial charge in [0.05, 0.1) is 0 Å². The standard InChI is InChI=1S/C12H21NO2/c1-8-12(15-9(2)14)7-10-5-3-4-6-11(10)13-8/h8,10-13H,3-7H2,1-2H3/t8-,10-,11+,12-/m0/s1. The summed E-state index contributed by atoms with van der Waals surface area (Å²) >= 11 is 0. The molecule has 3 heteroatoms. The van der Waals surface area contributed by atoms with Crippen molar-refractivity contribution in [2.75, 3.05) is 0 Å². The van der Waals surface area contributed by atoms with Gasteiger partial charge in [-0.3, -0.25) is 4.79 Å². The molecule has 86 valence electrons. The highest BCUT2D eigenvalue weighted by molar-refractivity contribution is 5.66. The summed E-state index contributed by atoms with van der Waals surface area (Å²) in [4.78, 5) is 11.0. The molecule has 0 spiro atoms. The van der Waals surface area contributed by atoms with E-state index in [1.54, 1.807) is 0 Å². The van der Waals surface area contributed by atoms with Gasteiger partial charge in [-0.1, -0.05) is 12.8 Å². The maximum atomic E-state index is 11.0. The molecule has 15 heavy (non-hydrogen) atoms. The number of hydrogen-bond donors (Lipinski definition) is 1. The highest BCUT2D eigenvalue weighted by Crippen LogP contribution is 2.33. The number of hydrogen-bond acceptors (Lipinski definition) is 3. The Morgan fingerprint density at radius 1 is 1.33 bits per heavy atom. The highest BCUT2D eigenvalue weighted by Gasteiger charge is 2.37. The molecule has 0 unspecified atom stereocenters. The van der Waals surface area contributed by atoms with Crippen molar-refractivity contribution in [1.29, 1.82) is 0 Å². The van der Waals surface area contributed by atoms with E-state index in [1.165, 1.54) is 32.6 Å². The number of esters is 1. The number of fused-ring (bicyclic) bond motifs is 1. The van der Waals surface area contributed by atoms with Crippen molar-refractivity contribution in [2.45, 2.75) is 64.1 Å². The first-order valence-corrected chi connectivity index (χ1v) is 6.10. The summed E-state index contributed by atoms with van der Waals surface area (Å²) in [6.45, 7) is 3.62. The van der Waals surface area contributed by atoms with Gasteiger partial charge in [-0.15, -0.1) is 0 Å². The number of piperidine rings is 1. The molecule has 2 fully saturated rings. The summed E-state index contributed by atoms with van der Waals surface area (Å²) in [6.07, 6.45) is 6.41. The minimum Gasteiger partial charge on any atom is -0.461 e. The van der Waals surface area contributed by atoms with Crippen LogP contribution >= 0.6 is 0 Å². The molecular formula is C12H21NO2. The Kier molecular flexibility index (Phi) is 3.29. The van der Waals surface area contributed by atoms with E-state index in [0.29, 0.717) is 12.1 Å². The zero-order valence-corrected chi connectivity index (χ0v) is 9.66. The highest BCUT2D eigenvalue weighted by atomic mass is 16.5. The van der Waals surface area contributed by atoms with Crippen molar-refractivity contribution >= 4 is 5.97 Å². The molecule has 0 amide bonds. The van der Waals surface area contributed by atoms with E-state index in [-0.39, 0.29) is 12.1 Å². The SMILES string of the molecule is CC(=O)O[C@H]1C[C@@H]2CCCC[C@H]2N[C@H]1C. The zero-order chi connectivity index (χ0) is 10.8. The van der Waals surface area contributed by atoms with Gasteiger partial charge < -0.3 is 10.1 Å². The van der Waals surface area contributed by atoms with Crippen LogP contribution in [0.3, 0.4) is 0 Å². The Labute approximate surface area is 91.6 Å². The number of carbonyl (C=O) groups excluding carboxylic acids is 1. The Morgan fingerprint density at radius 3 is 2.80 bits per heavy atom. The van der Waals surface area contributed by atoms with Gasteiger partial charge >= 0.3 is 5.97 Å². The molecule has 1 saturated carbocycles. The van der Waals surface area contributed by atoms with Crippen LogP contribution in [0.4, 0.5) is 0 Å². The van der Waals surface area contributed by atoms with Crippen molar-refractivity contribution in [3.05, 3.63) is 0 Å². The lowest BCUT2D eigenvalue weighted by molar-refractivity contribution is -0.150. The molecule has 1 aliphatic heterocycles. The molecule has 2 aliphatic rings. The third-order valence-electron chi connectivity index (χ3n) is 3.80. The van der Waals surface area contributed by atoms with Crippen molar-refractivity contribution in [3.63, 3.8) is 0 Å². The topological polar surface area (TPSA) is 38.3 Å². The molecule has 1 heterocycles. The average molecular weight is 211 g/mol. The fraction of sp³-hybridized carbons (Fsp3) is 0.917. The largest absolute Gasteiger partial charge is 0.461 e. The molecular weight excluding hydrogens is 190 g/mol. The quantitative estimate of drug-likeness (QED) is 0.673. The first-order chi connectivity index (χ1) is 7.16. The fourth-order valence-electron chi connectivity index (χ4n) is 3.02. The molecule has 2 rings (SSSR count). The molecule has 0 aromatic rings. The van der Waals surface area contributed by atoms with E-state index in [0.717, 1.165) is 12.3 Å². The van der Waals surface area contributed by atoms with E-state index >= 15 is 0 Å². The van der Waals surface area contributed by atoms with E-state index in [2.05, 4.69) is 12.2 Å². The third-order valence-corrected chi connectivity index (χ3v) is 3.80. The number of rotatable bonds is 1. The van der Waals surface area contributed by atoms with Gasteiger partial charge in [-0.2, -0.15) is 0 Å². The molecule has 0 aromatic heterocycles. The molecule has 1 saturated heterocycles. The number of ether oxygens (including phenoxy) is 1. The first-order valence-electron chi connectivity index (χ1n) is 6.10. The minimum atomic E-state index is -0.150. The average Bonchev–Trinajstić information content (AvgIpc) is 2.18. The maximum Gasteiger partial charge on any atom is 0.302 e. The maximum absolute atomic E-state index is 11.0. The summed E-state index contributed by atoms with van der Waals surface area (Å²) in [6, 6.07) is 0.980. The summed E-state index contributed by atoms with van der Waals surface area (Å²) < 4.78 is 5.35. The van der Waals surface area contributed by atoms with Crippen LogP contribution in [0.5, 0.6) is 0 Å². The monoisotopic (exact) mass is 211 g/mol. The van der Waals surface area contributed by atoms with Gasteiger partial charge in [0.1, 0.15) is 6.10 Å². The predicted molar refractivity (Wildman–Crippen MR) is 58.5 cm³/mol. The van der Waals surface area contributed by atoms with Gasteiger partial charge in [0.15, 0.2) is 0 Å². The molecule has 1 N–H and O–H groups in total. The van der Waals surface area contributed by atoms with Gasteiger partial charge in [0, 0.05) is 19.0 Å². The lowest BCUT2D eigenvalue weighted by Crippen LogP contribution is -2.55. The molecule has 3 nitrogen and oxygen atoms in total. The van der Waals surface area contributed by atoms with Crippen molar-refractivity contribution in [3.8, 4) is 0 Å². The van der Waals surface area contributed by atoms with Crippen molar-refractivity contribution in [1.82, 2.24) is 5.32 Å². The second-order valence-corrected chi connectivity index (χ2v) is 4.99. The van der Waals surface area contributed by atoms with Gasteiger partial charge in [0.2, 0.25) is 0 Å². The predicted octanol–water partition coefficient (Wildman–Crippen LogP) is 1.86.